The molecule has 4 heteroatoms. The van der Waals surface area contributed by atoms with Gasteiger partial charge < -0.3 is 10.4 Å². The topological polar surface area (TPSA) is 32.3 Å². The molecule has 0 saturated carbocycles. The van der Waals surface area contributed by atoms with Gasteiger partial charge in [-0.25, -0.2) is 8.78 Å². The number of hydrogen-bond acceptors (Lipinski definition) is 2. The first-order valence-corrected chi connectivity index (χ1v) is 6.32. The van der Waals surface area contributed by atoms with Crippen molar-refractivity contribution < 1.29 is 13.9 Å². The van der Waals surface area contributed by atoms with Gasteiger partial charge in [-0.1, -0.05) is 26.3 Å². The molecule has 1 rings (SSSR count). The summed E-state index contributed by atoms with van der Waals surface area (Å²) < 4.78 is 25.8. The molecule has 2 nitrogen and oxygen atoms in total. The standard InChI is InChI=1S/C14H21F2NO/c1-4-9(2)10(3)17-8-14(18)11-5-6-12(15)13(16)7-11/h5-7,9-10,14,17-18H,4,8H2,1-3H3. The molecule has 0 aliphatic rings. The number of nitrogens with one attached hydrogen (secondary N) is 1. The fraction of sp³-hybridized carbons (Fsp3) is 0.571. The minimum Gasteiger partial charge on any atom is -0.387 e. The summed E-state index contributed by atoms with van der Waals surface area (Å²) >= 11 is 0. The van der Waals surface area contributed by atoms with Crippen LogP contribution in [0.5, 0.6) is 0 Å². The highest BCUT2D eigenvalue weighted by molar-refractivity contribution is 5.20. The van der Waals surface area contributed by atoms with Crippen LogP contribution in [0.1, 0.15) is 38.9 Å². The lowest BCUT2D eigenvalue weighted by molar-refractivity contribution is 0.165. The molecule has 0 heterocycles. The van der Waals surface area contributed by atoms with Crippen molar-refractivity contribution >= 4 is 0 Å². The smallest absolute Gasteiger partial charge is 0.159 e. The largest absolute Gasteiger partial charge is 0.387 e. The SMILES string of the molecule is CCC(C)C(C)NCC(O)c1ccc(F)c(F)c1. The summed E-state index contributed by atoms with van der Waals surface area (Å²) in [5.74, 6) is -1.32. The summed E-state index contributed by atoms with van der Waals surface area (Å²) in [6.45, 7) is 6.61. The van der Waals surface area contributed by atoms with E-state index in [-0.39, 0.29) is 6.04 Å². The number of halogens is 2. The monoisotopic (exact) mass is 257 g/mol. The van der Waals surface area contributed by atoms with Crippen molar-refractivity contribution in [2.45, 2.75) is 39.3 Å². The molecule has 102 valence electrons. The van der Waals surface area contributed by atoms with E-state index in [4.69, 9.17) is 0 Å². The van der Waals surface area contributed by atoms with Crippen molar-refractivity contribution in [2.24, 2.45) is 5.92 Å². The van der Waals surface area contributed by atoms with Crippen LogP contribution in [0.4, 0.5) is 8.78 Å². The second-order valence-electron chi connectivity index (χ2n) is 4.77. The normalized spacial score (nSPS) is 16.3. The van der Waals surface area contributed by atoms with Crippen LogP contribution < -0.4 is 5.32 Å². The molecule has 1 aromatic carbocycles. The van der Waals surface area contributed by atoms with Gasteiger partial charge in [0, 0.05) is 12.6 Å². The molecule has 0 bridgehead atoms. The molecule has 18 heavy (non-hydrogen) atoms. The quantitative estimate of drug-likeness (QED) is 0.821. The van der Waals surface area contributed by atoms with Crippen molar-refractivity contribution in [3.63, 3.8) is 0 Å². The van der Waals surface area contributed by atoms with E-state index in [1.54, 1.807) is 0 Å². The van der Waals surface area contributed by atoms with Crippen molar-refractivity contribution in [1.82, 2.24) is 5.32 Å². The Morgan fingerprint density at radius 3 is 2.44 bits per heavy atom. The molecular weight excluding hydrogens is 236 g/mol. The van der Waals surface area contributed by atoms with Crippen LogP contribution in [0.3, 0.4) is 0 Å². The molecule has 3 unspecified atom stereocenters. The summed E-state index contributed by atoms with van der Waals surface area (Å²) in [6.07, 6.45) is 0.224. The van der Waals surface area contributed by atoms with Crippen LogP contribution in [0, 0.1) is 17.6 Å². The van der Waals surface area contributed by atoms with Gasteiger partial charge in [0.15, 0.2) is 11.6 Å². The van der Waals surface area contributed by atoms with Gasteiger partial charge in [-0.15, -0.1) is 0 Å². The van der Waals surface area contributed by atoms with E-state index in [0.717, 1.165) is 18.6 Å². The molecule has 0 spiro atoms. The van der Waals surface area contributed by atoms with E-state index in [9.17, 15) is 13.9 Å². The molecule has 0 radical (unpaired) electrons. The van der Waals surface area contributed by atoms with Crippen molar-refractivity contribution in [2.75, 3.05) is 6.54 Å². The molecule has 0 fully saturated rings. The van der Waals surface area contributed by atoms with Gasteiger partial charge in [0.2, 0.25) is 0 Å². The molecule has 0 aromatic heterocycles. The number of benzene rings is 1. The fourth-order valence-electron chi connectivity index (χ4n) is 1.69. The number of aliphatic hydroxyl groups excluding tert-OH is 1. The van der Waals surface area contributed by atoms with Crippen LogP contribution in [0.2, 0.25) is 0 Å². The highest BCUT2D eigenvalue weighted by Gasteiger charge is 2.14. The first-order chi connectivity index (χ1) is 8.45. The maximum absolute atomic E-state index is 13.0. The van der Waals surface area contributed by atoms with Gasteiger partial charge >= 0.3 is 0 Å². The molecule has 0 saturated heterocycles. The van der Waals surface area contributed by atoms with Gasteiger partial charge in [-0.3, -0.25) is 0 Å². The highest BCUT2D eigenvalue weighted by atomic mass is 19.2. The molecule has 0 amide bonds. The summed E-state index contributed by atoms with van der Waals surface area (Å²) in [4.78, 5) is 0. The lowest BCUT2D eigenvalue weighted by Crippen LogP contribution is -2.35. The van der Waals surface area contributed by atoms with Gasteiger partial charge in [0.05, 0.1) is 6.10 Å². The fourth-order valence-corrected chi connectivity index (χ4v) is 1.69. The van der Waals surface area contributed by atoms with Crippen molar-refractivity contribution in [3.05, 3.63) is 35.4 Å². The Balaban J connectivity index is 2.54. The first-order valence-electron chi connectivity index (χ1n) is 6.32. The van der Waals surface area contributed by atoms with Gasteiger partial charge in [-0.05, 0) is 30.5 Å². The second kappa shape index (κ2) is 6.81. The third-order valence-corrected chi connectivity index (χ3v) is 3.46. The molecule has 0 aliphatic carbocycles. The van der Waals surface area contributed by atoms with E-state index in [1.165, 1.54) is 6.07 Å². The van der Waals surface area contributed by atoms with Gasteiger partial charge in [0.25, 0.3) is 0 Å². The molecular formula is C14H21F2NO. The Hall–Kier alpha value is -1.00. The number of rotatable bonds is 6. The average molecular weight is 257 g/mol. The molecule has 3 atom stereocenters. The molecule has 0 aliphatic heterocycles. The maximum atomic E-state index is 13.0. The average Bonchev–Trinajstić information content (AvgIpc) is 2.37. The maximum Gasteiger partial charge on any atom is 0.159 e. The Kier molecular flexibility index (Phi) is 5.69. The van der Waals surface area contributed by atoms with Crippen molar-refractivity contribution in [3.8, 4) is 0 Å². The second-order valence-corrected chi connectivity index (χ2v) is 4.77. The lowest BCUT2D eigenvalue weighted by Gasteiger charge is -2.22. The van der Waals surface area contributed by atoms with Crippen LogP contribution in [0.15, 0.2) is 18.2 Å². The third kappa shape index (κ3) is 4.03. The first kappa shape index (κ1) is 15.1. The molecule has 1 aromatic rings. The zero-order chi connectivity index (χ0) is 13.7. The van der Waals surface area contributed by atoms with E-state index in [2.05, 4.69) is 19.2 Å². The summed E-state index contributed by atoms with van der Waals surface area (Å²) in [5, 5.41) is 13.1. The van der Waals surface area contributed by atoms with E-state index in [0.29, 0.717) is 18.0 Å². The minimum absolute atomic E-state index is 0.273. The van der Waals surface area contributed by atoms with Crippen molar-refractivity contribution in [1.29, 1.82) is 0 Å². The van der Waals surface area contributed by atoms with Crippen LogP contribution >= 0.6 is 0 Å². The van der Waals surface area contributed by atoms with E-state index < -0.39 is 17.7 Å². The molecule has 2 N–H and O–H groups in total. The van der Waals surface area contributed by atoms with Gasteiger partial charge in [-0.2, -0.15) is 0 Å². The number of aliphatic hydroxyl groups is 1. The van der Waals surface area contributed by atoms with E-state index in [1.807, 2.05) is 6.92 Å². The van der Waals surface area contributed by atoms with Crippen LogP contribution in [-0.2, 0) is 0 Å². The predicted molar refractivity (Wildman–Crippen MR) is 68.2 cm³/mol. The Bertz CT molecular complexity index is 384. The predicted octanol–water partition coefficient (Wildman–Crippen LogP) is 3.02. The van der Waals surface area contributed by atoms with Crippen LogP contribution in [0.25, 0.3) is 0 Å². The van der Waals surface area contributed by atoms with Gasteiger partial charge in [0.1, 0.15) is 0 Å². The minimum atomic E-state index is -0.929. The third-order valence-electron chi connectivity index (χ3n) is 3.46. The zero-order valence-electron chi connectivity index (χ0n) is 11.1. The van der Waals surface area contributed by atoms with Crippen LogP contribution in [-0.4, -0.2) is 17.7 Å². The Morgan fingerprint density at radius 1 is 1.22 bits per heavy atom. The Labute approximate surface area is 107 Å². The summed E-state index contributed by atoms with van der Waals surface area (Å²) in [5.41, 5.74) is 0.387. The van der Waals surface area contributed by atoms with E-state index >= 15 is 0 Å². The summed E-state index contributed by atoms with van der Waals surface area (Å²) in [7, 11) is 0. The highest BCUT2D eigenvalue weighted by Crippen LogP contribution is 2.16. The zero-order valence-corrected chi connectivity index (χ0v) is 11.1. The summed E-state index contributed by atoms with van der Waals surface area (Å²) in [6, 6.07) is 3.75. The lowest BCUT2D eigenvalue weighted by atomic mass is 10.0. The Morgan fingerprint density at radius 2 is 1.89 bits per heavy atom. The number of hydrogen-bond donors (Lipinski definition) is 2.